The number of alkyl carbamates (subject to hydrolysis) is 1. The predicted molar refractivity (Wildman–Crippen MR) is 128 cm³/mol. The summed E-state index contributed by atoms with van der Waals surface area (Å²) in [7, 11) is 0. The van der Waals surface area contributed by atoms with E-state index in [4.69, 9.17) is 15.2 Å². The van der Waals surface area contributed by atoms with Gasteiger partial charge in [0.1, 0.15) is 30.2 Å². The van der Waals surface area contributed by atoms with Crippen molar-refractivity contribution >= 4 is 23.9 Å². The van der Waals surface area contributed by atoms with Crippen molar-refractivity contribution in [3.8, 4) is 0 Å². The molecule has 0 radical (unpaired) electrons. The fraction of sp³-hybridized carbons (Fsp3) is 0.385. The summed E-state index contributed by atoms with van der Waals surface area (Å²) in [6.07, 6.45) is -0.676. The van der Waals surface area contributed by atoms with Gasteiger partial charge in [0.2, 0.25) is 11.8 Å². The van der Waals surface area contributed by atoms with Crippen LogP contribution in [0, 0.1) is 5.92 Å². The molecule has 0 spiro atoms. The number of esters is 1. The number of ether oxygens (including phenoxy) is 2. The van der Waals surface area contributed by atoms with Crippen molar-refractivity contribution in [2.45, 2.75) is 51.5 Å². The first-order valence-electron chi connectivity index (χ1n) is 11.4. The molecule has 1 heterocycles. The molecule has 9 heteroatoms. The fourth-order valence-electron chi connectivity index (χ4n) is 3.88. The van der Waals surface area contributed by atoms with Gasteiger partial charge < -0.3 is 25.4 Å². The van der Waals surface area contributed by atoms with Crippen molar-refractivity contribution in [2.75, 3.05) is 6.54 Å². The minimum atomic E-state index is -1.26. The molecule has 0 aliphatic carbocycles. The Kier molecular flexibility index (Phi) is 8.11. The first kappa shape index (κ1) is 25.7. The topological polar surface area (TPSA) is 128 Å². The summed E-state index contributed by atoms with van der Waals surface area (Å²) in [6.45, 7) is 4.93. The number of benzene rings is 2. The van der Waals surface area contributed by atoms with Gasteiger partial charge in [-0.3, -0.25) is 14.4 Å². The van der Waals surface area contributed by atoms with Crippen LogP contribution in [0.4, 0.5) is 4.79 Å². The third-order valence-corrected chi connectivity index (χ3v) is 5.52. The Morgan fingerprint density at radius 3 is 2.14 bits per heavy atom. The minimum absolute atomic E-state index is 0.00673. The number of likely N-dealkylation sites (tertiary alicyclic amines) is 1. The van der Waals surface area contributed by atoms with Gasteiger partial charge in [0.25, 0.3) is 0 Å². The summed E-state index contributed by atoms with van der Waals surface area (Å²) in [5, 5.41) is 2.50. The molecule has 9 nitrogen and oxygen atoms in total. The Morgan fingerprint density at radius 1 is 1.03 bits per heavy atom. The number of nitrogens with one attached hydrogen (secondary N) is 1. The Morgan fingerprint density at radius 2 is 1.60 bits per heavy atom. The predicted octanol–water partition coefficient (Wildman–Crippen LogP) is 2.18. The molecule has 1 unspecified atom stereocenters. The number of nitrogens with two attached hydrogens (primary N) is 1. The van der Waals surface area contributed by atoms with Crippen LogP contribution in [0.2, 0.25) is 0 Å². The van der Waals surface area contributed by atoms with Crippen LogP contribution in [-0.2, 0) is 36.9 Å². The highest BCUT2D eigenvalue weighted by Crippen LogP contribution is 2.25. The lowest BCUT2D eigenvalue weighted by molar-refractivity contribution is -0.150. The molecule has 0 aromatic heterocycles. The summed E-state index contributed by atoms with van der Waals surface area (Å²) in [4.78, 5) is 52.4. The summed E-state index contributed by atoms with van der Waals surface area (Å²) in [6, 6.07) is 15.9. The Labute approximate surface area is 204 Å². The van der Waals surface area contributed by atoms with Crippen molar-refractivity contribution in [1.82, 2.24) is 10.2 Å². The second kappa shape index (κ2) is 11.0. The number of nitrogens with zero attached hydrogens (tertiary/aromatic N) is 1. The zero-order chi connectivity index (χ0) is 25.6. The number of hydrogen-bond donors (Lipinski definition) is 2. The molecule has 2 aromatic carbocycles. The summed E-state index contributed by atoms with van der Waals surface area (Å²) < 4.78 is 10.7. The molecule has 3 amide bonds. The molecule has 35 heavy (non-hydrogen) atoms. The van der Waals surface area contributed by atoms with Gasteiger partial charge in [0, 0.05) is 13.0 Å². The van der Waals surface area contributed by atoms with E-state index in [-0.39, 0.29) is 19.6 Å². The second-order valence-corrected chi connectivity index (χ2v) is 9.42. The molecule has 1 saturated heterocycles. The standard InChI is InChI=1S/C26H31N3O6/c1-26(2,3)35-25(33)28-21-19(24(32)34-16-18-12-8-5-9-13-18)15-29(23(21)31)20(22(27)30)14-17-10-6-4-7-11-17/h4-13,19-21H,14-16H2,1-3H3,(H2,27,30)(H,28,33)/t19-,20?,21-/m0/s1. The van der Waals surface area contributed by atoms with Gasteiger partial charge in [-0.1, -0.05) is 60.7 Å². The van der Waals surface area contributed by atoms with Crippen molar-refractivity contribution in [3.63, 3.8) is 0 Å². The average molecular weight is 482 g/mol. The van der Waals surface area contributed by atoms with Crippen molar-refractivity contribution < 1.29 is 28.7 Å². The normalized spacial score (nSPS) is 18.6. The highest BCUT2D eigenvalue weighted by Gasteiger charge is 2.49. The van der Waals surface area contributed by atoms with Gasteiger partial charge in [0.05, 0.1) is 0 Å². The highest BCUT2D eigenvalue weighted by atomic mass is 16.6. The number of carbonyl (C=O) groups excluding carboxylic acids is 4. The van der Waals surface area contributed by atoms with Gasteiger partial charge in [-0.15, -0.1) is 0 Å². The molecule has 2 aromatic rings. The zero-order valence-corrected chi connectivity index (χ0v) is 20.1. The van der Waals surface area contributed by atoms with E-state index in [1.54, 1.807) is 32.9 Å². The van der Waals surface area contributed by atoms with Crippen LogP contribution in [0.1, 0.15) is 31.9 Å². The molecular weight excluding hydrogens is 450 g/mol. The Hall–Kier alpha value is -3.88. The maximum Gasteiger partial charge on any atom is 0.408 e. The van der Waals surface area contributed by atoms with Crippen LogP contribution < -0.4 is 11.1 Å². The summed E-state index contributed by atoms with van der Waals surface area (Å²) in [5.41, 5.74) is 6.42. The van der Waals surface area contributed by atoms with E-state index in [2.05, 4.69) is 5.32 Å². The van der Waals surface area contributed by atoms with Crippen LogP contribution in [0.5, 0.6) is 0 Å². The Bertz CT molecular complexity index is 1050. The molecule has 1 aliphatic heterocycles. The number of carbonyl (C=O) groups is 4. The first-order chi connectivity index (χ1) is 16.5. The summed E-state index contributed by atoms with van der Waals surface area (Å²) >= 11 is 0. The van der Waals surface area contributed by atoms with E-state index in [0.717, 1.165) is 11.1 Å². The lowest BCUT2D eigenvalue weighted by Gasteiger charge is -2.26. The van der Waals surface area contributed by atoms with E-state index in [1.807, 2.05) is 48.5 Å². The fourth-order valence-corrected chi connectivity index (χ4v) is 3.88. The molecule has 3 atom stereocenters. The number of primary amides is 1. The third kappa shape index (κ3) is 7.05. The van der Waals surface area contributed by atoms with Crippen LogP contribution in [0.15, 0.2) is 60.7 Å². The lowest BCUT2D eigenvalue weighted by atomic mass is 10.0. The molecule has 0 bridgehead atoms. The number of hydrogen-bond acceptors (Lipinski definition) is 6. The number of amides is 3. The largest absolute Gasteiger partial charge is 0.460 e. The van der Waals surface area contributed by atoms with Gasteiger partial charge in [-0.2, -0.15) is 0 Å². The second-order valence-electron chi connectivity index (χ2n) is 9.42. The van der Waals surface area contributed by atoms with E-state index in [0.29, 0.717) is 0 Å². The molecule has 1 aliphatic rings. The molecule has 186 valence electrons. The Balaban J connectivity index is 1.82. The highest BCUT2D eigenvalue weighted by molar-refractivity contribution is 5.97. The van der Waals surface area contributed by atoms with Crippen LogP contribution in [0.3, 0.4) is 0 Å². The quantitative estimate of drug-likeness (QED) is 0.556. The van der Waals surface area contributed by atoms with Gasteiger partial charge >= 0.3 is 12.1 Å². The molecule has 1 fully saturated rings. The van der Waals surface area contributed by atoms with Crippen LogP contribution in [-0.4, -0.2) is 53.0 Å². The average Bonchev–Trinajstić information content (AvgIpc) is 3.11. The molecule has 3 N–H and O–H groups in total. The third-order valence-electron chi connectivity index (χ3n) is 5.52. The SMILES string of the molecule is CC(C)(C)OC(=O)N[C@@H]1C(=O)N(C(Cc2ccccc2)C(N)=O)C[C@@H]1C(=O)OCc1ccccc1. The smallest absolute Gasteiger partial charge is 0.408 e. The maximum absolute atomic E-state index is 13.4. The summed E-state index contributed by atoms with van der Waals surface area (Å²) in [5.74, 6) is -3.03. The van der Waals surface area contributed by atoms with E-state index >= 15 is 0 Å². The van der Waals surface area contributed by atoms with E-state index < -0.39 is 47.5 Å². The van der Waals surface area contributed by atoms with Crippen molar-refractivity contribution in [2.24, 2.45) is 11.7 Å². The minimum Gasteiger partial charge on any atom is -0.460 e. The first-order valence-corrected chi connectivity index (χ1v) is 11.4. The molecule has 0 saturated carbocycles. The van der Waals surface area contributed by atoms with Crippen molar-refractivity contribution in [1.29, 1.82) is 0 Å². The van der Waals surface area contributed by atoms with Crippen molar-refractivity contribution in [3.05, 3.63) is 71.8 Å². The van der Waals surface area contributed by atoms with E-state index in [9.17, 15) is 19.2 Å². The van der Waals surface area contributed by atoms with Gasteiger partial charge in [-0.25, -0.2) is 4.79 Å². The van der Waals surface area contributed by atoms with Crippen LogP contribution in [0.25, 0.3) is 0 Å². The maximum atomic E-state index is 13.4. The van der Waals surface area contributed by atoms with E-state index in [1.165, 1.54) is 4.90 Å². The monoisotopic (exact) mass is 481 g/mol. The molecule has 3 rings (SSSR count). The van der Waals surface area contributed by atoms with Gasteiger partial charge in [-0.05, 0) is 31.9 Å². The lowest BCUT2D eigenvalue weighted by Crippen LogP contribution is -2.51. The van der Waals surface area contributed by atoms with Crippen LogP contribution >= 0.6 is 0 Å². The number of rotatable bonds is 8. The van der Waals surface area contributed by atoms with Gasteiger partial charge in [0.15, 0.2) is 0 Å². The molecular formula is C26H31N3O6. The zero-order valence-electron chi connectivity index (χ0n) is 20.1.